The number of nitrogens with one attached hydrogen (secondary N) is 1. The molecule has 0 saturated carbocycles. The quantitative estimate of drug-likeness (QED) is 0.216. The van der Waals surface area contributed by atoms with Crippen molar-refractivity contribution >= 4 is 52.3 Å². The van der Waals surface area contributed by atoms with E-state index in [-0.39, 0.29) is 38.4 Å². The lowest BCUT2D eigenvalue weighted by molar-refractivity contribution is -0.139. The van der Waals surface area contributed by atoms with Crippen molar-refractivity contribution in [1.82, 2.24) is 10.2 Å². The van der Waals surface area contributed by atoms with E-state index in [1.165, 1.54) is 19.3 Å². The highest BCUT2D eigenvalue weighted by atomic mass is 127. The lowest BCUT2D eigenvalue weighted by Crippen LogP contribution is -2.54. The maximum Gasteiger partial charge on any atom is 0.247 e. The molecule has 0 aliphatic heterocycles. The molecule has 216 valence electrons. The third kappa shape index (κ3) is 8.18. The van der Waals surface area contributed by atoms with Crippen LogP contribution in [-0.4, -0.2) is 71.7 Å². The number of aliphatic hydroxyl groups is 2. The van der Waals surface area contributed by atoms with Crippen LogP contribution >= 0.6 is 34.2 Å². The number of methoxy groups -OCH3 is 1. The highest BCUT2D eigenvalue weighted by Crippen LogP contribution is 2.37. The Hall–Kier alpha value is -2.67. The fourth-order valence-electron chi connectivity index (χ4n) is 4.49. The smallest absolute Gasteiger partial charge is 0.247 e. The van der Waals surface area contributed by atoms with E-state index in [0.717, 1.165) is 12.0 Å². The molecule has 3 unspecified atom stereocenters. The predicted octanol–water partition coefficient (Wildman–Crippen LogP) is 3.90. The second-order valence-corrected chi connectivity index (χ2v) is 11.0. The molecule has 3 N–H and O–H groups in total. The SMILES string of the molecule is CCCCC(=O)N(Cc1ccc(Cl)cc1)C1CC(C(=O)NCCO)=CC(Oc2c(I)cc(C=O)cc2OC)C1O. The van der Waals surface area contributed by atoms with Gasteiger partial charge in [0.15, 0.2) is 11.5 Å². The number of aliphatic hydroxyl groups excluding tert-OH is 2. The van der Waals surface area contributed by atoms with E-state index in [4.69, 9.17) is 21.1 Å². The summed E-state index contributed by atoms with van der Waals surface area (Å²) in [6.07, 6.45) is 1.88. The minimum atomic E-state index is -1.20. The summed E-state index contributed by atoms with van der Waals surface area (Å²) in [5.41, 5.74) is 1.53. The Kier molecular flexibility index (Phi) is 12.2. The molecule has 0 saturated heterocycles. The van der Waals surface area contributed by atoms with E-state index < -0.39 is 24.2 Å². The van der Waals surface area contributed by atoms with Gasteiger partial charge in [0.2, 0.25) is 11.8 Å². The number of hydrogen-bond acceptors (Lipinski definition) is 7. The Morgan fingerprint density at radius 2 is 1.98 bits per heavy atom. The average molecular weight is 685 g/mol. The van der Waals surface area contributed by atoms with Crippen LogP contribution in [0.15, 0.2) is 48.0 Å². The molecular formula is C29H34ClIN2O7. The summed E-state index contributed by atoms with van der Waals surface area (Å²) in [5, 5.41) is 24.1. The van der Waals surface area contributed by atoms with Crippen molar-refractivity contribution < 1.29 is 34.1 Å². The van der Waals surface area contributed by atoms with Gasteiger partial charge in [0, 0.05) is 42.1 Å². The van der Waals surface area contributed by atoms with Crippen molar-refractivity contribution in [3.8, 4) is 11.5 Å². The molecule has 1 aliphatic rings. The first-order valence-electron chi connectivity index (χ1n) is 13.0. The molecule has 0 radical (unpaired) electrons. The number of nitrogens with zero attached hydrogens (tertiary/aromatic N) is 1. The van der Waals surface area contributed by atoms with Crippen LogP contribution in [0.1, 0.15) is 48.5 Å². The zero-order chi connectivity index (χ0) is 29.2. The molecule has 9 nitrogen and oxygen atoms in total. The first kappa shape index (κ1) is 31.9. The zero-order valence-electron chi connectivity index (χ0n) is 22.4. The summed E-state index contributed by atoms with van der Waals surface area (Å²) < 4.78 is 12.3. The van der Waals surface area contributed by atoms with Crippen LogP contribution in [0.4, 0.5) is 0 Å². The van der Waals surface area contributed by atoms with Gasteiger partial charge in [-0.25, -0.2) is 0 Å². The Bertz CT molecular complexity index is 1220. The Morgan fingerprint density at radius 3 is 2.60 bits per heavy atom. The molecule has 2 aromatic rings. The third-order valence-electron chi connectivity index (χ3n) is 6.59. The maximum atomic E-state index is 13.5. The van der Waals surface area contributed by atoms with Gasteiger partial charge in [-0.2, -0.15) is 0 Å². The standard InChI is InChI=1S/C29H34ClIN2O7/c1-3-4-5-26(36)33(16-18-6-8-21(30)9-7-18)23-14-20(29(38)32-10-11-34)15-24(27(23)37)40-28-22(31)12-19(17-35)13-25(28)39-2/h6-9,12-13,15,17,23-24,27,34,37H,3-5,10-11,14,16H2,1-2H3,(H,32,38). The van der Waals surface area contributed by atoms with Gasteiger partial charge < -0.3 is 29.9 Å². The van der Waals surface area contributed by atoms with Crippen LogP contribution in [0.25, 0.3) is 0 Å². The van der Waals surface area contributed by atoms with Crippen molar-refractivity contribution in [3.05, 3.63) is 67.8 Å². The zero-order valence-corrected chi connectivity index (χ0v) is 25.4. The van der Waals surface area contributed by atoms with Gasteiger partial charge in [0.1, 0.15) is 18.5 Å². The van der Waals surface area contributed by atoms with E-state index in [0.29, 0.717) is 43.9 Å². The van der Waals surface area contributed by atoms with E-state index in [1.54, 1.807) is 23.1 Å². The average Bonchev–Trinajstić information content (AvgIpc) is 2.96. The third-order valence-corrected chi connectivity index (χ3v) is 7.64. The summed E-state index contributed by atoms with van der Waals surface area (Å²) in [5.74, 6) is 0.00968. The summed E-state index contributed by atoms with van der Waals surface area (Å²) in [4.78, 5) is 39.5. The molecule has 1 aliphatic carbocycles. The molecular weight excluding hydrogens is 651 g/mol. The molecule has 3 rings (SSSR count). The highest BCUT2D eigenvalue weighted by molar-refractivity contribution is 14.1. The van der Waals surface area contributed by atoms with Gasteiger partial charge in [-0.3, -0.25) is 14.4 Å². The van der Waals surface area contributed by atoms with E-state index in [1.807, 2.05) is 41.6 Å². The van der Waals surface area contributed by atoms with Crippen molar-refractivity contribution in [2.24, 2.45) is 0 Å². The summed E-state index contributed by atoms with van der Waals surface area (Å²) in [7, 11) is 1.44. The molecule has 2 aromatic carbocycles. The number of carbonyl (C=O) groups is 3. The lowest BCUT2D eigenvalue weighted by Gasteiger charge is -2.41. The van der Waals surface area contributed by atoms with Crippen molar-refractivity contribution in [2.75, 3.05) is 20.3 Å². The molecule has 0 heterocycles. The van der Waals surface area contributed by atoms with Crippen molar-refractivity contribution in [1.29, 1.82) is 0 Å². The highest BCUT2D eigenvalue weighted by Gasteiger charge is 2.40. The van der Waals surface area contributed by atoms with E-state index in [9.17, 15) is 24.6 Å². The number of benzene rings is 2. The number of unbranched alkanes of at least 4 members (excludes halogenated alkanes) is 1. The van der Waals surface area contributed by atoms with Crippen LogP contribution in [0.5, 0.6) is 11.5 Å². The molecule has 0 fully saturated rings. The van der Waals surface area contributed by atoms with Crippen LogP contribution in [0, 0.1) is 3.57 Å². The van der Waals surface area contributed by atoms with Gasteiger partial charge in [-0.05, 0) is 64.9 Å². The maximum absolute atomic E-state index is 13.5. The number of aldehydes is 1. The minimum absolute atomic E-state index is 0.0533. The Labute approximate surface area is 252 Å². The predicted molar refractivity (Wildman–Crippen MR) is 160 cm³/mol. The fraction of sp³-hybridized carbons (Fsp3) is 0.414. The van der Waals surface area contributed by atoms with Crippen LogP contribution in [0.2, 0.25) is 5.02 Å². The normalized spacial score (nSPS) is 18.4. The van der Waals surface area contributed by atoms with Gasteiger partial charge >= 0.3 is 0 Å². The molecule has 3 atom stereocenters. The Balaban J connectivity index is 2.03. The molecule has 0 spiro atoms. The summed E-state index contributed by atoms with van der Waals surface area (Å²) in [6, 6.07) is 9.47. The molecule has 40 heavy (non-hydrogen) atoms. The second-order valence-electron chi connectivity index (χ2n) is 9.42. The summed E-state index contributed by atoms with van der Waals surface area (Å²) >= 11 is 8.07. The van der Waals surface area contributed by atoms with Crippen molar-refractivity contribution in [2.45, 2.75) is 57.4 Å². The molecule has 0 bridgehead atoms. The van der Waals surface area contributed by atoms with E-state index in [2.05, 4.69) is 5.32 Å². The first-order valence-corrected chi connectivity index (χ1v) is 14.5. The summed E-state index contributed by atoms with van der Waals surface area (Å²) in [6.45, 7) is 2.02. The monoisotopic (exact) mass is 684 g/mol. The van der Waals surface area contributed by atoms with Gasteiger partial charge in [-0.1, -0.05) is 37.1 Å². The number of amides is 2. The number of carbonyl (C=O) groups excluding carboxylic acids is 3. The number of rotatable bonds is 13. The van der Waals surface area contributed by atoms with E-state index >= 15 is 0 Å². The minimum Gasteiger partial charge on any atom is -0.493 e. The van der Waals surface area contributed by atoms with Crippen molar-refractivity contribution in [3.63, 3.8) is 0 Å². The first-order chi connectivity index (χ1) is 19.2. The lowest BCUT2D eigenvalue weighted by atomic mass is 9.87. The second kappa shape index (κ2) is 15.4. The van der Waals surface area contributed by atoms with Gasteiger partial charge in [-0.15, -0.1) is 0 Å². The van der Waals surface area contributed by atoms with Crippen LogP contribution in [0.3, 0.4) is 0 Å². The topological polar surface area (TPSA) is 125 Å². The number of ether oxygens (including phenoxy) is 2. The van der Waals surface area contributed by atoms with Gasteiger partial charge in [0.25, 0.3) is 0 Å². The van der Waals surface area contributed by atoms with Gasteiger partial charge in [0.05, 0.1) is 23.3 Å². The largest absolute Gasteiger partial charge is 0.493 e. The van der Waals surface area contributed by atoms with Crippen LogP contribution in [-0.2, 0) is 16.1 Å². The van der Waals surface area contributed by atoms with Crippen LogP contribution < -0.4 is 14.8 Å². The molecule has 2 amide bonds. The number of halogens is 2. The molecule has 11 heteroatoms. The fourth-order valence-corrected chi connectivity index (χ4v) is 5.36. The molecule has 0 aromatic heterocycles. The number of hydrogen-bond donors (Lipinski definition) is 3. The Morgan fingerprint density at radius 1 is 1.25 bits per heavy atom.